The minimum absolute atomic E-state index is 0.717. The largest absolute Gasteiger partial charge is 0.369 e. The number of nitrogens with zero attached hydrogens (tertiary/aromatic N) is 3. The van der Waals surface area contributed by atoms with Crippen LogP contribution in [0.1, 0.15) is 32.6 Å². The Hall–Kier alpha value is -1.23. The zero-order valence-corrected chi connectivity index (χ0v) is 11.4. The zero-order chi connectivity index (χ0) is 12.4. The van der Waals surface area contributed by atoms with E-state index in [1.54, 1.807) is 0 Å². The summed E-state index contributed by atoms with van der Waals surface area (Å²) in [6.45, 7) is 2.98. The molecule has 4 nitrogen and oxygen atoms in total. The Labute approximate surface area is 111 Å². The number of hydrogen-bond acceptors (Lipinski definition) is 4. The van der Waals surface area contributed by atoms with Crippen LogP contribution in [0.5, 0.6) is 0 Å². The van der Waals surface area contributed by atoms with Gasteiger partial charge in [-0.05, 0) is 19.8 Å². The molecule has 2 heterocycles. The minimum Gasteiger partial charge on any atom is -0.369 e. The second kappa shape index (κ2) is 5.18. The molecule has 1 saturated carbocycles. The van der Waals surface area contributed by atoms with Gasteiger partial charge in [0.05, 0.1) is 6.20 Å². The van der Waals surface area contributed by atoms with E-state index in [0.29, 0.717) is 0 Å². The van der Waals surface area contributed by atoms with Crippen LogP contribution in [-0.4, -0.2) is 26.2 Å². The highest BCUT2D eigenvalue weighted by atomic mass is 32.2. The van der Waals surface area contributed by atoms with E-state index in [0.717, 1.165) is 28.3 Å². The smallest absolute Gasteiger partial charge is 0.169 e. The van der Waals surface area contributed by atoms with Crippen molar-refractivity contribution in [3.63, 3.8) is 0 Å². The summed E-state index contributed by atoms with van der Waals surface area (Å²) in [5.74, 6) is 0.934. The maximum absolute atomic E-state index is 4.69. The Morgan fingerprint density at radius 3 is 3.06 bits per heavy atom. The molecule has 5 heteroatoms. The number of nitrogens with one attached hydrogen (secondary N) is 1. The molecular formula is C13H18N4S. The molecule has 0 atom stereocenters. The molecule has 0 amide bonds. The van der Waals surface area contributed by atoms with E-state index in [-0.39, 0.29) is 0 Å². The summed E-state index contributed by atoms with van der Waals surface area (Å²) in [7, 11) is 0. The van der Waals surface area contributed by atoms with Crippen LogP contribution in [-0.2, 0) is 0 Å². The van der Waals surface area contributed by atoms with Crippen LogP contribution in [0.2, 0.25) is 0 Å². The molecule has 0 bridgehead atoms. The molecular weight excluding hydrogens is 244 g/mol. The lowest BCUT2D eigenvalue weighted by Gasteiger charge is -2.11. The molecule has 0 radical (unpaired) electrons. The molecule has 0 aromatic carbocycles. The van der Waals surface area contributed by atoms with Crippen LogP contribution in [0.3, 0.4) is 0 Å². The standard InChI is InChI=1S/C13H18N4S/c1-2-14-11-9-17-8-7-15-12(17)13(16-11)18-10-5-3-4-6-10/h7-10,14H,2-6H2,1H3. The predicted molar refractivity (Wildman–Crippen MR) is 75.3 cm³/mol. The van der Waals surface area contributed by atoms with Gasteiger partial charge in [-0.2, -0.15) is 0 Å². The van der Waals surface area contributed by atoms with Crippen LogP contribution < -0.4 is 5.32 Å². The number of hydrogen-bond donors (Lipinski definition) is 1. The lowest BCUT2D eigenvalue weighted by Crippen LogP contribution is -2.04. The minimum atomic E-state index is 0.717. The first kappa shape index (κ1) is 11.8. The van der Waals surface area contributed by atoms with Gasteiger partial charge in [-0.1, -0.05) is 24.6 Å². The maximum Gasteiger partial charge on any atom is 0.169 e. The van der Waals surface area contributed by atoms with E-state index in [4.69, 9.17) is 4.98 Å². The fraction of sp³-hybridized carbons (Fsp3) is 0.538. The lowest BCUT2D eigenvalue weighted by atomic mass is 10.4. The molecule has 2 aromatic heterocycles. The van der Waals surface area contributed by atoms with Crippen molar-refractivity contribution in [1.82, 2.24) is 14.4 Å². The first-order chi connectivity index (χ1) is 8.86. The maximum atomic E-state index is 4.69. The van der Waals surface area contributed by atoms with Crippen LogP contribution in [0.25, 0.3) is 5.65 Å². The Morgan fingerprint density at radius 2 is 2.28 bits per heavy atom. The Morgan fingerprint density at radius 1 is 1.44 bits per heavy atom. The van der Waals surface area contributed by atoms with Gasteiger partial charge >= 0.3 is 0 Å². The molecule has 1 fully saturated rings. The number of anilines is 1. The fourth-order valence-corrected chi connectivity index (χ4v) is 3.71. The van der Waals surface area contributed by atoms with E-state index in [1.807, 2.05) is 30.4 Å². The Kier molecular flexibility index (Phi) is 3.41. The van der Waals surface area contributed by atoms with Crippen molar-refractivity contribution in [3.05, 3.63) is 18.6 Å². The molecule has 1 N–H and O–H groups in total. The van der Waals surface area contributed by atoms with Crippen molar-refractivity contribution in [2.45, 2.75) is 42.9 Å². The third-order valence-electron chi connectivity index (χ3n) is 3.28. The number of fused-ring (bicyclic) bond motifs is 1. The van der Waals surface area contributed by atoms with Crippen molar-refractivity contribution in [2.24, 2.45) is 0 Å². The highest BCUT2D eigenvalue weighted by molar-refractivity contribution is 8.00. The molecule has 3 rings (SSSR count). The van der Waals surface area contributed by atoms with E-state index >= 15 is 0 Å². The van der Waals surface area contributed by atoms with Crippen LogP contribution in [0, 0.1) is 0 Å². The molecule has 96 valence electrons. The van der Waals surface area contributed by atoms with Crippen molar-refractivity contribution in [2.75, 3.05) is 11.9 Å². The highest BCUT2D eigenvalue weighted by Crippen LogP contribution is 2.35. The van der Waals surface area contributed by atoms with Crippen molar-refractivity contribution >= 4 is 23.2 Å². The SMILES string of the molecule is CCNc1cn2ccnc2c(SC2CCCC2)n1. The topological polar surface area (TPSA) is 42.2 Å². The monoisotopic (exact) mass is 262 g/mol. The summed E-state index contributed by atoms with van der Waals surface area (Å²) in [6.07, 6.45) is 11.2. The van der Waals surface area contributed by atoms with Crippen LogP contribution >= 0.6 is 11.8 Å². The fourth-order valence-electron chi connectivity index (χ4n) is 2.41. The third kappa shape index (κ3) is 2.32. The van der Waals surface area contributed by atoms with E-state index < -0.39 is 0 Å². The average Bonchev–Trinajstić information content (AvgIpc) is 2.99. The second-order valence-corrected chi connectivity index (χ2v) is 5.93. The third-order valence-corrected chi connectivity index (χ3v) is 4.58. The summed E-state index contributed by atoms with van der Waals surface area (Å²) >= 11 is 1.89. The van der Waals surface area contributed by atoms with Gasteiger partial charge in [-0.25, -0.2) is 9.97 Å². The van der Waals surface area contributed by atoms with Gasteiger partial charge in [0.1, 0.15) is 10.8 Å². The summed E-state index contributed by atoms with van der Waals surface area (Å²) in [6, 6.07) is 0. The number of aromatic nitrogens is 3. The molecule has 18 heavy (non-hydrogen) atoms. The summed E-state index contributed by atoms with van der Waals surface area (Å²) in [5.41, 5.74) is 0.980. The van der Waals surface area contributed by atoms with E-state index in [2.05, 4.69) is 21.6 Å². The molecule has 0 unspecified atom stereocenters. The van der Waals surface area contributed by atoms with Gasteiger partial charge in [-0.3, -0.25) is 0 Å². The first-order valence-electron chi connectivity index (χ1n) is 6.61. The van der Waals surface area contributed by atoms with Gasteiger partial charge in [0.15, 0.2) is 5.65 Å². The van der Waals surface area contributed by atoms with E-state index in [1.165, 1.54) is 25.7 Å². The molecule has 0 spiro atoms. The second-order valence-electron chi connectivity index (χ2n) is 4.64. The number of imidazole rings is 1. The zero-order valence-electron chi connectivity index (χ0n) is 10.6. The Balaban J connectivity index is 1.93. The molecule has 0 aliphatic heterocycles. The van der Waals surface area contributed by atoms with Gasteiger partial charge in [0.2, 0.25) is 0 Å². The highest BCUT2D eigenvalue weighted by Gasteiger charge is 2.19. The van der Waals surface area contributed by atoms with Crippen molar-refractivity contribution in [3.8, 4) is 0 Å². The summed E-state index contributed by atoms with van der Waals surface area (Å²) < 4.78 is 2.06. The van der Waals surface area contributed by atoms with Crippen LogP contribution in [0.15, 0.2) is 23.6 Å². The van der Waals surface area contributed by atoms with Gasteiger partial charge in [0.25, 0.3) is 0 Å². The quantitative estimate of drug-likeness (QED) is 0.919. The average molecular weight is 262 g/mol. The Bertz CT molecular complexity index is 531. The van der Waals surface area contributed by atoms with Crippen molar-refractivity contribution < 1.29 is 0 Å². The van der Waals surface area contributed by atoms with E-state index in [9.17, 15) is 0 Å². The van der Waals surface area contributed by atoms with Gasteiger partial charge < -0.3 is 9.72 Å². The number of thioether (sulfide) groups is 1. The van der Waals surface area contributed by atoms with Crippen LogP contribution in [0.4, 0.5) is 5.82 Å². The lowest BCUT2D eigenvalue weighted by molar-refractivity contribution is 0.886. The molecule has 1 aliphatic rings. The number of rotatable bonds is 4. The molecule has 2 aromatic rings. The predicted octanol–water partition coefficient (Wildman–Crippen LogP) is 3.20. The summed E-state index contributed by atoms with van der Waals surface area (Å²) in [5, 5.41) is 5.06. The van der Waals surface area contributed by atoms with Gasteiger partial charge in [-0.15, -0.1) is 0 Å². The molecule has 0 saturated heterocycles. The first-order valence-corrected chi connectivity index (χ1v) is 7.49. The molecule has 1 aliphatic carbocycles. The van der Waals surface area contributed by atoms with Gasteiger partial charge in [0, 0.05) is 24.2 Å². The summed E-state index contributed by atoms with van der Waals surface area (Å²) in [4.78, 5) is 9.11. The normalized spacial score (nSPS) is 16.5. The van der Waals surface area contributed by atoms with Crippen molar-refractivity contribution in [1.29, 1.82) is 0 Å².